The van der Waals surface area contributed by atoms with E-state index in [0.29, 0.717) is 46.9 Å². The second-order valence-electron chi connectivity index (χ2n) is 11.1. The van der Waals surface area contributed by atoms with Crippen LogP contribution in [0.4, 0.5) is 14.5 Å². The van der Waals surface area contributed by atoms with Crippen molar-refractivity contribution in [3.8, 4) is 11.1 Å². The average Bonchev–Trinajstić information content (AvgIpc) is 2.96. The fraction of sp³-hybridized carbons (Fsp3) is 0.303. The number of carboxylic acid groups (broad SMARTS) is 1. The molecule has 2 N–H and O–H groups in total. The third-order valence-electron chi connectivity index (χ3n) is 7.82. The summed E-state index contributed by atoms with van der Waals surface area (Å²) in [6, 6.07) is 13.5. The minimum Gasteiger partial charge on any atom is -0.480 e. The number of benzene rings is 3. The number of hydrogen-bond acceptors (Lipinski definition) is 5. The Labute approximate surface area is 253 Å². The molecular formula is C33H32ClF2N3O4. The largest absolute Gasteiger partial charge is 0.480 e. The van der Waals surface area contributed by atoms with E-state index in [1.807, 2.05) is 43.9 Å². The minimum atomic E-state index is -1.47. The number of carboxylic acids is 1. The molecule has 0 unspecified atom stereocenters. The Morgan fingerprint density at radius 1 is 1.12 bits per heavy atom. The Kier molecular flexibility index (Phi) is 8.94. The van der Waals surface area contributed by atoms with Gasteiger partial charge in [-0.1, -0.05) is 55.8 Å². The van der Waals surface area contributed by atoms with Gasteiger partial charge in [-0.2, -0.15) is 0 Å². The van der Waals surface area contributed by atoms with Crippen LogP contribution >= 0.6 is 11.6 Å². The van der Waals surface area contributed by atoms with Gasteiger partial charge in [-0.3, -0.25) is 9.78 Å². The van der Waals surface area contributed by atoms with E-state index in [4.69, 9.17) is 16.3 Å². The van der Waals surface area contributed by atoms with E-state index in [2.05, 4.69) is 10.3 Å². The third-order valence-corrected chi connectivity index (χ3v) is 8.14. The number of aliphatic carboxylic acids is 1. The molecule has 1 fully saturated rings. The summed E-state index contributed by atoms with van der Waals surface area (Å²) in [5, 5.41) is 13.5. The van der Waals surface area contributed by atoms with Crippen molar-refractivity contribution in [2.75, 3.05) is 24.7 Å². The second kappa shape index (κ2) is 12.7. The molecule has 10 heteroatoms. The van der Waals surface area contributed by atoms with Crippen molar-refractivity contribution in [3.05, 3.63) is 94.1 Å². The van der Waals surface area contributed by atoms with Crippen molar-refractivity contribution in [3.63, 3.8) is 0 Å². The molecule has 4 aromatic rings. The summed E-state index contributed by atoms with van der Waals surface area (Å²) in [5.74, 6) is -4.47. The number of carbonyl (C=O) groups excluding carboxylic acids is 1. The first-order valence-corrected chi connectivity index (χ1v) is 14.4. The number of rotatable bonds is 8. The number of hydrogen-bond donors (Lipinski definition) is 2. The first-order chi connectivity index (χ1) is 20.5. The summed E-state index contributed by atoms with van der Waals surface area (Å²) >= 11 is 6.52. The quantitative estimate of drug-likeness (QED) is 0.240. The van der Waals surface area contributed by atoms with E-state index < -0.39 is 35.1 Å². The number of morpholine rings is 1. The molecule has 3 aromatic carbocycles. The predicted octanol–water partition coefficient (Wildman–Crippen LogP) is 6.43. The van der Waals surface area contributed by atoms with Gasteiger partial charge >= 0.3 is 5.97 Å². The number of nitrogens with one attached hydrogen (secondary N) is 1. The van der Waals surface area contributed by atoms with E-state index in [9.17, 15) is 14.7 Å². The lowest BCUT2D eigenvalue weighted by atomic mass is 9.94. The molecule has 2 atom stereocenters. The van der Waals surface area contributed by atoms with Crippen LogP contribution in [0.25, 0.3) is 22.0 Å². The number of aryl methyl sites for hydroxylation is 1. The lowest BCUT2D eigenvalue weighted by Crippen LogP contribution is -2.48. The summed E-state index contributed by atoms with van der Waals surface area (Å²) in [6.45, 7) is 7.22. The van der Waals surface area contributed by atoms with Gasteiger partial charge in [0.25, 0.3) is 5.91 Å². The molecule has 0 bridgehead atoms. The van der Waals surface area contributed by atoms with Crippen LogP contribution < -0.4 is 10.2 Å². The molecule has 0 aliphatic carbocycles. The normalized spacial score (nSPS) is 16.0. The zero-order valence-electron chi connectivity index (χ0n) is 24.0. The summed E-state index contributed by atoms with van der Waals surface area (Å²) in [7, 11) is 0. The smallest absolute Gasteiger partial charge is 0.326 e. The number of pyridine rings is 1. The predicted molar refractivity (Wildman–Crippen MR) is 163 cm³/mol. The lowest BCUT2D eigenvalue weighted by molar-refractivity contribution is -0.139. The van der Waals surface area contributed by atoms with Gasteiger partial charge in [0.1, 0.15) is 23.2 Å². The van der Waals surface area contributed by atoms with Crippen LogP contribution in [0.3, 0.4) is 0 Å². The molecule has 7 nitrogen and oxygen atoms in total. The number of ether oxygens (including phenoxy) is 1. The highest BCUT2D eigenvalue weighted by Crippen LogP contribution is 2.35. The molecule has 1 aliphatic rings. The molecular weight excluding hydrogens is 576 g/mol. The van der Waals surface area contributed by atoms with Crippen LogP contribution in [0, 0.1) is 24.5 Å². The fourth-order valence-electron chi connectivity index (χ4n) is 5.55. The van der Waals surface area contributed by atoms with Crippen molar-refractivity contribution in [2.24, 2.45) is 5.92 Å². The van der Waals surface area contributed by atoms with Gasteiger partial charge in [-0.15, -0.1) is 0 Å². The fourth-order valence-corrected chi connectivity index (χ4v) is 5.89. The highest BCUT2D eigenvalue weighted by molar-refractivity contribution is 6.33. The SMILES string of the molecule is Cc1ccc(-c2ccc(C[C@H](NC(=O)c3c(F)cc(N4CCOC[C@@H]4C(C)C)cc3F)C(=O)O)c3cccnc23)c(Cl)c1. The monoisotopic (exact) mass is 607 g/mol. The van der Waals surface area contributed by atoms with Crippen molar-refractivity contribution in [2.45, 2.75) is 39.3 Å². The highest BCUT2D eigenvalue weighted by atomic mass is 35.5. The van der Waals surface area contributed by atoms with Gasteiger partial charge in [0.2, 0.25) is 0 Å². The molecule has 1 aliphatic heterocycles. The number of halogens is 3. The maximum Gasteiger partial charge on any atom is 0.326 e. The highest BCUT2D eigenvalue weighted by Gasteiger charge is 2.30. The zero-order chi connectivity index (χ0) is 30.8. The molecule has 1 saturated heterocycles. The topological polar surface area (TPSA) is 91.8 Å². The Bertz CT molecular complexity index is 1670. The second-order valence-corrected chi connectivity index (χ2v) is 11.5. The number of nitrogens with zero attached hydrogens (tertiary/aromatic N) is 2. The van der Waals surface area contributed by atoms with E-state index in [0.717, 1.165) is 28.8 Å². The molecule has 5 rings (SSSR count). The number of amides is 1. The van der Waals surface area contributed by atoms with Crippen molar-refractivity contribution >= 4 is 40.1 Å². The van der Waals surface area contributed by atoms with Crippen molar-refractivity contribution in [1.82, 2.24) is 10.3 Å². The Balaban J connectivity index is 1.42. The van der Waals surface area contributed by atoms with Gasteiger partial charge in [0.05, 0.1) is 24.8 Å². The average molecular weight is 608 g/mol. The van der Waals surface area contributed by atoms with Crippen LogP contribution in [-0.2, 0) is 16.0 Å². The molecule has 2 heterocycles. The van der Waals surface area contributed by atoms with Gasteiger partial charge in [-0.05, 0) is 48.2 Å². The first-order valence-electron chi connectivity index (χ1n) is 14.1. The van der Waals surface area contributed by atoms with Gasteiger partial charge in [0.15, 0.2) is 0 Å². The Morgan fingerprint density at radius 2 is 1.84 bits per heavy atom. The lowest BCUT2D eigenvalue weighted by Gasteiger charge is -2.39. The molecule has 0 radical (unpaired) electrons. The maximum atomic E-state index is 15.3. The van der Waals surface area contributed by atoms with Crippen molar-refractivity contribution < 1.29 is 28.2 Å². The summed E-state index contributed by atoms with van der Waals surface area (Å²) < 4.78 is 36.1. The number of carbonyl (C=O) groups is 2. The van der Waals surface area contributed by atoms with Crippen molar-refractivity contribution in [1.29, 1.82) is 0 Å². The molecule has 0 spiro atoms. The molecule has 43 heavy (non-hydrogen) atoms. The molecule has 1 amide bonds. The van der Waals surface area contributed by atoms with Crippen LogP contribution in [0.5, 0.6) is 0 Å². The molecule has 224 valence electrons. The number of anilines is 1. The Morgan fingerprint density at radius 3 is 2.51 bits per heavy atom. The Hall–Kier alpha value is -4.08. The van der Waals surface area contributed by atoms with Gasteiger partial charge in [0, 0.05) is 46.4 Å². The van der Waals surface area contributed by atoms with Crippen LogP contribution in [-0.4, -0.2) is 53.8 Å². The molecule has 0 saturated carbocycles. The van der Waals surface area contributed by atoms with E-state index >= 15 is 8.78 Å². The van der Waals surface area contributed by atoms with Crippen LogP contribution in [0.15, 0.2) is 60.8 Å². The van der Waals surface area contributed by atoms with Gasteiger partial charge in [-0.25, -0.2) is 13.6 Å². The minimum absolute atomic E-state index is 0.0821. The first kappa shape index (κ1) is 30.4. The van der Waals surface area contributed by atoms with Crippen LogP contribution in [0.2, 0.25) is 5.02 Å². The zero-order valence-corrected chi connectivity index (χ0v) is 24.8. The van der Waals surface area contributed by atoms with E-state index in [-0.39, 0.29) is 18.4 Å². The third kappa shape index (κ3) is 6.33. The number of fused-ring (bicyclic) bond motifs is 1. The summed E-state index contributed by atoms with van der Waals surface area (Å²) in [6.07, 6.45) is 1.49. The van der Waals surface area contributed by atoms with Crippen LogP contribution in [0.1, 0.15) is 35.3 Å². The summed E-state index contributed by atoms with van der Waals surface area (Å²) in [4.78, 5) is 31.7. The standard InChI is InChI=1S/C33H32ClF2N3O4/c1-18(2)29-17-43-12-11-39(29)21-15-26(35)30(27(36)16-21)32(40)38-28(33(41)42)14-20-7-9-24(31-22(20)5-4-10-37-31)23-8-6-19(3)13-25(23)34/h4-10,13,15-16,18,28-29H,11-12,14,17H2,1-3H3,(H,38,40)(H,41,42)/t28-,29+/m0/s1. The molecule has 1 aromatic heterocycles. The van der Waals surface area contributed by atoms with Gasteiger partial charge < -0.3 is 20.1 Å². The maximum absolute atomic E-state index is 15.3. The van der Waals surface area contributed by atoms with E-state index in [1.165, 1.54) is 0 Å². The van der Waals surface area contributed by atoms with E-state index in [1.54, 1.807) is 30.5 Å². The summed E-state index contributed by atoms with van der Waals surface area (Å²) in [5.41, 5.74) is 3.21. The number of aromatic nitrogens is 1.